The Kier molecular flexibility index (Phi) is 4.31. The Labute approximate surface area is 135 Å². The van der Waals surface area contributed by atoms with Gasteiger partial charge < -0.3 is 14.8 Å². The normalized spacial score (nSPS) is 18.4. The minimum absolute atomic E-state index is 0.0967. The van der Waals surface area contributed by atoms with Crippen LogP contribution < -0.4 is 0 Å². The van der Waals surface area contributed by atoms with Crippen LogP contribution in [-0.2, 0) is 0 Å². The van der Waals surface area contributed by atoms with Gasteiger partial charge in [0, 0.05) is 36.8 Å². The van der Waals surface area contributed by atoms with Gasteiger partial charge in [-0.2, -0.15) is 0 Å². The maximum Gasteiger partial charge on any atom is 0.270 e. The van der Waals surface area contributed by atoms with E-state index in [0.29, 0.717) is 11.6 Å². The molecule has 3 rings (SSSR count). The maximum atomic E-state index is 12.6. The molecule has 2 aromatic rings. The van der Waals surface area contributed by atoms with Crippen LogP contribution in [0.2, 0.25) is 0 Å². The van der Waals surface area contributed by atoms with E-state index in [0.717, 1.165) is 42.3 Å². The average molecular weight is 318 g/mol. The second-order valence-electron chi connectivity index (χ2n) is 6.22. The van der Waals surface area contributed by atoms with Gasteiger partial charge in [-0.25, -0.2) is 4.98 Å². The fourth-order valence-electron chi connectivity index (χ4n) is 3.01. The summed E-state index contributed by atoms with van der Waals surface area (Å²) in [4.78, 5) is 24.3. The standard InChI is InChI=1S/C16H22N4OS/c1-11-18-15(10-22-11)13-6-14(17-7-13)16(21)20-5-4-12(9-20)8-19(2)3/h6-7,10,12,17H,4-5,8-9H2,1-3H3. The Morgan fingerprint density at radius 2 is 2.36 bits per heavy atom. The zero-order chi connectivity index (χ0) is 15.7. The maximum absolute atomic E-state index is 12.6. The molecule has 0 spiro atoms. The number of thiazole rings is 1. The summed E-state index contributed by atoms with van der Waals surface area (Å²) in [5, 5.41) is 3.06. The second-order valence-corrected chi connectivity index (χ2v) is 7.28. The van der Waals surface area contributed by atoms with Crippen molar-refractivity contribution in [1.29, 1.82) is 0 Å². The molecule has 0 saturated carbocycles. The first-order chi connectivity index (χ1) is 10.5. The van der Waals surface area contributed by atoms with Crippen molar-refractivity contribution >= 4 is 17.2 Å². The summed E-state index contributed by atoms with van der Waals surface area (Å²) in [7, 11) is 4.16. The van der Waals surface area contributed by atoms with Crippen LogP contribution in [-0.4, -0.2) is 59.4 Å². The zero-order valence-electron chi connectivity index (χ0n) is 13.3. The Balaban J connectivity index is 1.67. The van der Waals surface area contributed by atoms with Crippen molar-refractivity contribution in [2.75, 3.05) is 33.7 Å². The van der Waals surface area contributed by atoms with Crippen LogP contribution in [0.1, 0.15) is 21.9 Å². The number of H-pyrrole nitrogens is 1. The molecule has 0 radical (unpaired) electrons. The lowest BCUT2D eigenvalue weighted by atomic mass is 10.1. The number of aromatic amines is 1. The monoisotopic (exact) mass is 318 g/mol. The molecule has 5 nitrogen and oxygen atoms in total. The fourth-order valence-corrected chi connectivity index (χ4v) is 3.64. The summed E-state index contributed by atoms with van der Waals surface area (Å²) in [5.41, 5.74) is 2.58. The number of hydrogen-bond donors (Lipinski definition) is 1. The van der Waals surface area contributed by atoms with E-state index in [-0.39, 0.29) is 5.91 Å². The number of nitrogens with zero attached hydrogens (tertiary/aromatic N) is 3. The highest BCUT2D eigenvalue weighted by Crippen LogP contribution is 2.24. The quantitative estimate of drug-likeness (QED) is 0.942. The summed E-state index contributed by atoms with van der Waals surface area (Å²) < 4.78 is 0. The van der Waals surface area contributed by atoms with E-state index < -0.39 is 0 Å². The van der Waals surface area contributed by atoms with Gasteiger partial charge in [0.25, 0.3) is 5.91 Å². The first kappa shape index (κ1) is 15.2. The van der Waals surface area contributed by atoms with Gasteiger partial charge in [0.05, 0.1) is 10.7 Å². The molecule has 0 bridgehead atoms. The highest BCUT2D eigenvalue weighted by atomic mass is 32.1. The van der Waals surface area contributed by atoms with E-state index in [9.17, 15) is 4.79 Å². The molecule has 1 amide bonds. The zero-order valence-corrected chi connectivity index (χ0v) is 14.1. The van der Waals surface area contributed by atoms with Crippen molar-refractivity contribution in [3.05, 3.63) is 28.3 Å². The van der Waals surface area contributed by atoms with Crippen molar-refractivity contribution in [3.63, 3.8) is 0 Å². The summed E-state index contributed by atoms with van der Waals surface area (Å²) in [6.07, 6.45) is 2.96. The van der Waals surface area contributed by atoms with Crippen LogP contribution in [0.4, 0.5) is 0 Å². The molecule has 1 fully saturated rings. The summed E-state index contributed by atoms with van der Waals surface area (Å²) in [6, 6.07) is 1.91. The Bertz CT molecular complexity index is 661. The number of aryl methyl sites for hydroxylation is 1. The van der Waals surface area contributed by atoms with Crippen molar-refractivity contribution < 1.29 is 4.79 Å². The van der Waals surface area contributed by atoms with Crippen LogP contribution in [0.3, 0.4) is 0 Å². The molecular weight excluding hydrogens is 296 g/mol. The Hall–Kier alpha value is -1.66. The van der Waals surface area contributed by atoms with Crippen LogP contribution in [0.15, 0.2) is 17.6 Å². The van der Waals surface area contributed by atoms with Crippen molar-refractivity contribution in [3.8, 4) is 11.3 Å². The molecule has 3 heterocycles. The largest absolute Gasteiger partial charge is 0.357 e. The fraction of sp³-hybridized carbons (Fsp3) is 0.500. The van der Waals surface area contributed by atoms with Crippen LogP contribution >= 0.6 is 11.3 Å². The predicted molar refractivity (Wildman–Crippen MR) is 89.2 cm³/mol. The molecule has 1 unspecified atom stereocenters. The molecular formula is C16H22N4OS. The Morgan fingerprint density at radius 3 is 3.05 bits per heavy atom. The summed E-state index contributed by atoms with van der Waals surface area (Å²) in [6.45, 7) is 4.72. The van der Waals surface area contributed by atoms with E-state index in [4.69, 9.17) is 0 Å². The predicted octanol–water partition coefficient (Wildman–Crippen LogP) is 2.47. The number of aromatic nitrogens is 2. The summed E-state index contributed by atoms with van der Waals surface area (Å²) >= 11 is 1.62. The molecule has 1 atom stereocenters. The Morgan fingerprint density at radius 1 is 1.55 bits per heavy atom. The third kappa shape index (κ3) is 3.23. The number of carbonyl (C=O) groups excluding carboxylic acids is 1. The number of carbonyl (C=O) groups is 1. The molecule has 0 aromatic carbocycles. The SMILES string of the molecule is Cc1nc(-c2c[nH]c(C(=O)N3CCC(CN(C)C)C3)c2)cs1. The van der Waals surface area contributed by atoms with Gasteiger partial charge in [-0.15, -0.1) is 11.3 Å². The van der Waals surface area contributed by atoms with E-state index in [1.807, 2.05) is 29.5 Å². The van der Waals surface area contributed by atoms with Gasteiger partial charge in [-0.05, 0) is 39.4 Å². The molecule has 1 saturated heterocycles. The van der Waals surface area contributed by atoms with Gasteiger partial charge in [-0.1, -0.05) is 0 Å². The third-order valence-electron chi connectivity index (χ3n) is 4.02. The highest BCUT2D eigenvalue weighted by molar-refractivity contribution is 7.09. The molecule has 22 heavy (non-hydrogen) atoms. The third-order valence-corrected chi connectivity index (χ3v) is 4.80. The van der Waals surface area contributed by atoms with Gasteiger partial charge in [-0.3, -0.25) is 4.79 Å². The van der Waals surface area contributed by atoms with Crippen molar-refractivity contribution in [2.24, 2.45) is 5.92 Å². The van der Waals surface area contributed by atoms with Crippen molar-refractivity contribution in [2.45, 2.75) is 13.3 Å². The molecule has 6 heteroatoms. The lowest BCUT2D eigenvalue weighted by Crippen LogP contribution is -2.30. The number of hydrogen-bond acceptors (Lipinski definition) is 4. The topological polar surface area (TPSA) is 52.2 Å². The molecule has 1 aliphatic rings. The molecule has 0 aliphatic carbocycles. The lowest BCUT2D eigenvalue weighted by Gasteiger charge is -2.18. The molecule has 1 N–H and O–H groups in total. The first-order valence-corrected chi connectivity index (χ1v) is 8.46. The lowest BCUT2D eigenvalue weighted by molar-refractivity contribution is 0.0780. The van der Waals surface area contributed by atoms with E-state index in [1.165, 1.54) is 0 Å². The second kappa shape index (κ2) is 6.22. The van der Waals surface area contributed by atoms with E-state index >= 15 is 0 Å². The molecule has 1 aliphatic heterocycles. The minimum atomic E-state index is 0.0967. The van der Waals surface area contributed by atoms with Crippen molar-refractivity contribution in [1.82, 2.24) is 19.8 Å². The number of rotatable bonds is 4. The van der Waals surface area contributed by atoms with Gasteiger partial charge in [0.15, 0.2) is 0 Å². The van der Waals surface area contributed by atoms with E-state index in [2.05, 4.69) is 29.0 Å². The minimum Gasteiger partial charge on any atom is -0.357 e. The molecule has 118 valence electrons. The number of amides is 1. The average Bonchev–Trinajstić information content (AvgIpc) is 3.16. The van der Waals surface area contributed by atoms with Gasteiger partial charge in [0.1, 0.15) is 5.69 Å². The highest BCUT2D eigenvalue weighted by Gasteiger charge is 2.28. The van der Waals surface area contributed by atoms with E-state index in [1.54, 1.807) is 11.3 Å². The van der Waals surface area contributed by atoms with Crippen LogP contribution in [0, 0.1) is 12.8 Å². The number of nitrogens with one attached hydrogen (secondary N) is 1. The smallest absolute Gasteiger partial charge is 0.270 e. The van der Waals surface area contributed by atoms with Gasteiger partial charge >= 0.3 is 0 Å². The molecule has 2 aromatic heterocycles. The number of likely N-dealkylation sites (tertiary alicyclic amines) is 1. The van der Waals surface area contributed by atoms with Crippen LogP contribution in [0.5, 0.6) is 0 Å². The van der Waals surface area contributed by atoms with Crippen LogP contribution in [0.25, 0.3) is 11.3 Å². The summed E-state index contributed by atoms with van der Waals surface area (Å²) in [5.74, 6) is 0.675. The van der Waals surface area contributed by atoms with Gasteiger partial charge in [0.2, 0.25) is 0 Å². The first-order valence-electron chi connectivity index (χ1n) is 7.58.